The summed E-state index contributed by atoms with van der Waals surface area (Å²) in [6.45, 7) is 8.83. The van der Waals surface area contributed by atoms with Gasteiger partial charge in [0.15, 0.2) is 0 Å². The van der Waals surface area contributed by atoms with Crippen LogP contribution in [0.4, 0.5) is 10.5 Å². The van der Waals surface area contributed by atoms with E-state index in [2.05, 4.69) is 17.0 Å². The van der Waals surface area contributed by atoms with Gasteiger partial charge in [0.05, 0.1) is 19.3 Å². The molecule has 8 heteroatoms. The Bertz CT molecular complexity index is 1210. The topological polar surface area (TPSA) is 62.3 Å². The summed E-state index contributed by atoms with van der Waals surface area (Å²) >= 11 is 5.98. The van der Waals surface area contributed by atoms with Crippen LogP contribution in [-0.2, 0) is 22.5 Å². The van der Waals surface area contributed by atoms with Crippen LogP contribution in [0.2, 0.25) is 5.02 Å². The summed E-state index contributed by atoms with van der Waals surface area (Å²) in [5.41, 5.74) is 3.44. The summed E-state index contributed by atoms with van der Waals surface area (Å²) < 4.78 is 11.3. The van der Waals surface area contributed by atoms with Crippen molar-refractivity contribution in [3.05, 3.63) is 101 Å². The van der Waals surface area contributed by atoms with Crippen LogP contribution in [0.5, 0.6) is 0 Å². The number of benzene rings is 3. The van der Waals surface area contributed by atoms with Gasteiger partial charge in [0.2, 0.25) is 0 Å². The van der Waals surface area contributed by atoms with Crippen molar-refractivity contribution in [2.45, 2.75) is 33.0 Å². The first-order valence-corrected chi connectivity index (χ1v) is 14.2. The number of hydrogen-bond acceptors (Lipinski definition) is 5. The van der Waals surface area contributed by atoms with Crippen LogP contribution in [-0.4, -0.2) is 73.8 Å². The molecule has 0 radical (unpaired) electrons. The Morgan fingerprint density at radius 3 is 2.20 bits per heavy atom. The average molecular weight is 564 g/mol. The highest BCUT2D eigenvalue weighted by molar-refractivity contribution is 6.30. The van der Waals surface area contributed by atoms with Crippen LogP contribution in [0, 0.1) is 0 Å². The average Bonchev–Trinajstić information content (AvgIpc) is 2.98. The molecule has 1 saturated heterocycles. The molecule has 0 aliphatic carbocycles. The van der Waals surface area contributed by atoms with Crippen LogP contribution in [0.3, 0.4) is 0 Å². The highest BCUT2D eigenvalue weighted by Gasteiger charge is 2.23. The summed E-state index contributed by atoms with van der Waals surface area (Å²) in [6.07, 6.45) is 0.559. The van der Waals surface area contributed by atoms with E-state index in [1.54, 1.807) is 29.2 Å². The number of halogens is 1. The monoisotopic (exact) mass is 563 g/mol. The lowest BCUT2D eigenvalue weighted by Gasteiger charge is -2.35. The molecule has 1 aliphatic heterocycles. The number of rotatable bonds is 11. The van der Waals surface area contributed by atoms with Crippen molar-refractivity contribution in [3.63, 3.8) is 0 Å². The maximum absolute atomic E-state index is 13.2. The van der Waals surface area contributed by atoms with Gasteiger partial charge in [-0.25, -0.2) is 4.79 Å². The van der Waals surface area contributed by atoms with Gasteiger partial charge in [-0.1, -0.05) is 54.1 Å². The van der Waals surface area contributed by atoms with Crippen molar-refractivity contribution in [3.8, 4) is 0 Å². The number of carbonyl (C=O) groups excluding carboxylic acids is 2. The molecule has 3 aromatic carbocycles. The van der Waals surface area contributed by atoms with Crippen LogP contribution in [0.15, 0.2) is 78.9 Å². The smallest absolute Gasteiger partial charge is 0.414 e. The summed E-state index contributed by atoms with van der Waals surface area (Å²) in [5.74, 6) is 0.00486. The Morgan fingerprint density at radius 2 is 1.55 bits per heavy atom. The first-order chi connectivity index (χ1) is 19.4. The van der Waals surface area contributed by atoms with E-state index >= 15 is 0 Å². The third-order valence-corrected chi connectivity index (χ3v) is 7.16. The van der Waals surface area contributed by atoms with E-state index in [0.717, 1.165) is 36.6 Å². The largest absolute Gasteiger partial charge is 0.444 e. The number of anilines is 1. The first-order valence-electron chi connectivity index (χ1n) is 13.8. The Hall–Kier alpha value is -3.39. The Balaban J connectivity index is 1.31. The van der Waals surface area contributed by atoms with Gasteiger partial charge in [0.25, 0.3) is 5.91 Å². The van der Waals surface area contributed by atoms with Gasteiger partial charge in [-0.2, -0.15) is 0 Å². The van der Waals surface area contributed by atoms with Crippen LogP contribution in [0.1, 0.15) is 35.3 Å². The van der Waals surface area contributed by atoms with E-state index < -0.39 is 6.09 Å². The Kier molecular flexibility index (Phi) is 11.0. The maximum Gasteiger partial charge on any atom is 0.414 e. The molecule has 2 amide bonds. The van der Waals surface area contributed by atoms with Crippen molar-refractivity contribution in [2.75, 3.05) is 50.8 Å². The molecule has 0 saturated carbocycles. The molecule has 0 bridgehead atoms. The summed E-state index contributed by atoms with van der Waals surface area (Å²) in [6, 6.07) is 24.7. The van der Waals surface area contributed by atoms with Crippen molar-refractivity contribution in [1.82, 2.24) is 9.80 Å². The van der Waals surface area contributed by atoms with Gasteiger partial charge >= 0.3 is 6.09 Å². The predicted octanol–water partition coefficient (Wildman–Crippen LogP) is 5.91. The zero-order valence-electron chi connectivity index (χ0n) is 23.3. The van der Waals surface area contributed by atoms with Gasteiger partial charge in [-0.3, -0.25) is 14.6 Å². The molecule has 40 heavy (non-hydrogen) atoms. The predicted molar refractivity (Wildman–Crippen MR) is 159 cm³/mol. The van der Waals surface area contributed by atoms with Gasteiger partial charge in [-0.15, -0.1) is 0 Å². The van der Waals surface area contributed by atoms with Crippen LogP contribution >= 0.6 is 11.6 Å². The Labute approximate surface area is 242 Å². The quantitative estimate of drug-likeness (QED) is 0.290. The highest BCUT2D eigenvalue weighted by atomic mass is 35.5. The SMILES string of the molecule is CC(C)OCCN(C(=O)OCc1ccccc1)c1ccc(C(=O)N2CCN(CCc3ccc(Cl)cc3)CC2)cc1. The van der Waals surface area contributed by atoms with Gasteiger partial charge in [0, 0.05) is 49.0 Å². The molecule has 4 rings (SSSR count). The van der Waals surface area contributed by atoms with Gasteiger partial charge in [0.1, 0.15) is 6.61 Å². The Morgan fingerprint density at radius 1 is 0.875 bits per heavy atom. The minimum atomic E-state index is -0.454. The fourth-order valence-electron chi connectivity index (χ4n) is 4.58. The van der Waals surface area contributed by atoms with Gasteiger partial charge < -0.3 is 14.4 Å². The second kappa shape index (κ2) is 14.8. The lowest BCUT2D eigenvalue weighted by atomic mass is 10.1. The number of amides is 2. The third-order valence-electron chi connectivity index (χ3n) is 6.91. The number of carbonyl (C=O) groups is 2. The molecule has 0 N–H and O–H groups in total. The zero-order valence-corrected chi connectivity index (χ0v) is 24.1. The van der Waals surface area contributed by atoms with E-state index in [0.29, 0.717) is 37.5 Å². The highest BCUT2D eigenvalue weighted by Crippen LogP contribution is 2.19. The minimum absolute atomic E-state index is 0.00486. The molecule has 0 unspecified atom stereocenters. The molecule has 212 valence electrons. The number of hydrogen-bond donors (Lipinski definition) is 0. The normalized spacial score (nSPS) is 13.8. The lowest BCUT2D eigenvalue weighted by Crippen LogP contribution is -2.49. The molecule has 1 fully saturated rings. The summed E-state index contributed by atoms with van der Waals surface area (Å²) in [4.78, 5) is 32.1. The second-order valence-electron chi connectivity index (χ2n) is 10.2. The third kappa shape index (κ3) is 8.81. The van der Waals surface area contributed by atoms with Crippen molar-refractivity contribution in [2.24, 2.45) is 0 Å². The zero-order chi connectivity index (χ0) is 28.3. The number of nitrogens with zero attached hydrogens (tertiary/aromatic N) is 3. The van der Waals surface area contributed by atoms with Crippen LogP contribution < -0.4 is 4.90 Å². The molecule has 1 heterocycles. The second-order valence-corrected chi connectivity index (χ2v) is 10.6. The van der Waals surface area contributed by atoms with E-state index in [1.165, 1.54) is 5.56 Å². The molecule has 7 nitrogen and oxygen atoms in total. The van der Waals surface area contributed by atoms with Crippen molar-refractivity contribution in [1.29, 1.82) is 0 Å². The molecular formula is C32H38ClN3O4. The number of piperazine rings is 1. The number of ether oxygens (including phenoxy) is 2. The fraction of sp³-hybridized carbons (Fsp3) is 0.375. The molecule has 0 spiro atoms. The maximum atomic E-state index is 13.2. The fourth-order valence-corrected chi connectivity index (χ4v) is 4.71. The molecule has 1 aliphatic rings. The van der Waals surface area contributed by atoms with Crippen molar-refractivity contribution < 1.29 is 19.1 Å². The van der Waals surface area contributed by atoms with Gasteiger partial charge in [-0.05, 0) is 67.8 Å². The van der Waals surface area contributed by atoms with Crippen molar-refractivity contribution >= 4 is 29.3 Å². The van der Waals surface area contributed by atoms with E-state index in [9.17, 15) is 9.59 Å². The van der Waals surface area contributed by atoms with E-state index in [1.807, 2.05) is 61.2 Å². The van der Waals surface area contributed by atoms with Crippen LogP contribution in [0.25, 0.3) is 0 Å². The molecule has 0 aromatic heterocycles. The summed E-state index contributed by atoms with van der Waals surface area (Å²) in [5, 5.41) is 0.750. The molecule has 0 atom stereocenters. The lowest BCUT2D eigenvalue weighted by molar-refractivity contribution is 0.0638. The standard InChI is InChI=1S/C32H38ClN3O4/c1-25(2)39-23-22-36(32(38)40-24-27-6-4-3-5-7-27)30-14-10-28(11-15-30)31(37)35-20-18-34(19-21-35)17-16-26-8-12-29(33)13-9-26/h3-15,25H,16-24H2,1-2H3. The van der Waals surface area contributed by atoms with E-state index in [-0.39, 0.29) is 18.6 Å². The first kappa shape index (κ1) is 29.6. The molecular weight excluding hydrogens is 526 g/mol. The molecule has 3 aromatic rings. The van der Waals surface area contributed by atoms with E-state index in [4.69, 9.17) is 21.1 Å². The minimum Gasteiger partial charge on any atom is -0.444 e. The summed E-state index contributed by atoms with van der Waals surface area (Å²) in [7, 11) is 0.